The lowest BCUT2D eigenvalue weighted by atomic mass is 9.97. The maximum absolute atomic E-state index is 4.48. The van der Waals surface area contributed by atoms with E-state index < -0.39 is 0 Å². The first-order valence-electron chi connectivity index (χ1n) is 9.03. The maximum Gasteiger partial charge on any atom is 0.0570 e. The van der Waals surface area contributed by atoms with Crippen LogP contribution in [0.3, 0.4) is 0 Å². The van der Waals surface area contributed by atoms with Gasteiger partial charge in [-0.3, -0.25) is 4.98 Å². The molecular weight excluding hydrogens is 256 g/mol. The van der Waals surface area contributed by atoms with Crippen molar-refractivity contribution in [3.05, 3.63) is 30.1 Å². The fourth-order valence-electron chi connectivity index (χ4n) is 3.40. The van der Waals surface area contributed by atoms with E-state index in [0.29, 0.717) is 12.1 Å². The molecule has 0 amide bonds. The molecule has 0 bridgehead atoms. The highest BCUT2D eigenvalue weighted by Gasteiger charge is 2.14. The minimum atomic E-state index is 0.365. The van der Waals surface area contributed by atoms with E-state index in [1.807, 2.05) is 12.3 Å². The zero-order chi connectivity index (χ0) is 14.8. The Bertz CT molecular complexity index is 351. The molecule has 1 aromatic heterocycles. The maximum atomic E-state index is 4.48. The predicted octanol–water partition coefficient (Wildman–Crippen LogP) is 5.41. The average Bonchev–Trinajstić information content (AvgIpc) is 2.51. The Hall–Kier alpha value is -0.890. The largest absolute Gasteiger partial charge is 0.306 e. The molecule has 2 nitrogen and oxygen atoms in total. The van der Waals surface area contributed by atoms with E-state index >= 15 is 0 Å². The quantitative estimate of drug-likeness (QED) is 0.805. The van der Waals surface area contributed by atoms with Gasteiger partial charge in [-0.2, -0.15) is 0 Å². The Morgan fingerprint density at radius 3 is 2.00 bits per heavy atom. The molecule has 0 radical (unpaired) electrons. The van der Waals surface area contributed by atoms with Crippen LogP contribution >= 0.6 is 0 Å². The summed E-state index contributed by atoms with van der Waals surface area (Å²) >= 11 is 0. The summed E-state index contributed by atoms with van der Waals surface area (Å²) in [6, 6.07) is 7.24. The monoisotopic (exact) mass is 288 g/mol. The van der Waals surface area contributed by atoms with Gasteiger partial charge in [0.15, 0.2) is 0 Å². The van der Waals surface area contributed by atoms with Crippen molar-refractivity contribution in [3.63, 3.8) is 0 Å². The van der Waals surface area contributed by atoms with Crippen LogP contribution in [0.5, 0.6) is 0 Å². The van der Waals surface area contributed by atoms with Gasteiger partial charge in [0.1, 0.15) is 0 Å². The van der Waals surface area contributed by atoms with Crippen molar-refractivity contribution < 1.29 is 0 Å². The van der Waals surface area contributed by atoms with Gasteiger partial charge in [-0.05, 0) is 31.9 Å². The van der Waals surface area contributed by atoms with Crippen molar-refractivity contribution in [1.29, 1.82) is 0 Å². The fourth-order valence-corrected chi connectivity index (χ4v) is 3.40. The SMILES string of the molecule is C[C@H](NC1CCCCCCCCCCC1)c1ccccn1. The van der Waals surface area contributed by atoms with Crippen molar-refractivity contribution in [3.8, 4) is 0 Å². The van der Waals surface area contributed by atoms with Crippen molar-refractivity contribution in [2.45, 2.75) is 89.6 Å². The molecule has 0 aliphatic heterocycles. The number of nitrogens with one attached hydrogen (secondary N) is 1. The van der Waals surface area contributed by atoms with E-state index in [4.69, 9.17) is 0 Å². The summed E-state index contributed by atoms with van der Waals surface area (Å²) in [5, 5.41) is 3.82. The Morgan fingerprint density at radius 2 is 1.48 bits per heavy atom. The van der Waals surface area contributed by atoms with E-state index in [1.54, 1.807) is 0 Å². The third-order valence-electron chi connectivity index (χ3n) is 4.72. The Labute approximate surface area is 130 Å². The summed E-state index contributed by atoms with van der Waals surface area (Å²) in [6.07, 6.45) is 17.4. The topological polar surface area (TPSA) is 24.9 Å². The van der Waals surface area contributed by atoms with Crippen LogP contribution in [0.2, 0.25) is 0 Å². The van der Waals surface area contributed by atoms with Crippen LogP contribution in [0.4, 0.5) is 0 Å². The molecule has 0 aromatic carbocycles. The fraction of sp³-hybridized carbons (Fsp3) is 0.737. The highest BCUT2D eigenvalue weighted by molar-refractivity contribution is 5.07. The second-order valence-corrected chi connectivity index (χ2v) is 6.60. The number of hydrogen-bond donors (Lipinski definition) is 1. The number of rotatable bonds is 3. The first-order valence-corrected chi connectivity index (χ1v) is 9.03. The Morgan fingerprint density at radius 1 is 0.905 bits per heavy atom. The summed E-state index contributed by atoms with van der Waals surface area (Å²) in [7, 11) is 0. The Kier molecular flexibility index (Phi) is 7.80. The molecule has 2 rings (SSSR count). The van der Waals surface area contributed by atoms with Crippen molar-refractivity contribution in [2.24, 2.45) is 0 Å². The van der Waals surface area contributed by atoms with Crippen molar-refractivity contribution >= 4 is 0 Å². The van der Waals surface area contributed by atoms with Gasteiger partial charge in [-0.25, -0.2) is 0 Å². The third-order valence-corrected chi connectivity index (χ3v) is 4.72. The summed E-state index contributed by atoms with van der Waals surface area (Å²) in [6.45, 7) is 2.25. The van der Waals surface area contributed by atoms with Crippen LogP contribution in [-0.2, 0) is 0 Å². The minimum Gasteiger partial charge on any atom is -0.306 e. The molecule has 1 aliphatic carbocycles. The van der Waals surface area contributed by atoms with Gasteiger partial charge in [0.05, 0.1) is 5.69 Å². The van der Waals surface area contributed by atoms with Crippen LogP contribution in [0, 0.1) is 0 Å². The Balaban J connectivity index is 1.82. The molecule has 118 valence electrons. The standard InChI is InChI=1S/C19H32N2/c1-17(19-15-11-12-16-20-19)21-18-13-9-7-5-3-2-4-6-8-10-14-18/h11-12,15-18,21H,2-10,13-14H2,1H3/t17-/m0/s1. The molecule has 1 fully saturated rings. The first kappa shape index (κ1) is 16.5. The molecule has 0 saturated heterocycles. The van der Waals surface area contributed by atoms with Crippen LogP contribution in [0.1, 0.15) is 89.3 Å². The summed E-state index contributed by atoms with van der Waals surface area (Å²) < 4.78 is 0. The van der Waals surface area contributed by atoms with Gasteiger partial charge in [0.25, 0.3) is 0 Å². The normalized spacial score (nSPS) is 21.2. The smallest absolute Gasteiger partial charge is 0.0570 e. The number of nitrogens with zero attached hydrogens (tertiary/aromatic N) is 1. The van der Waals surface area contributed by atoms with Crippen molar-refractivity contribution in [2.75, 3.05) is 0 Å². The third kappa shape index (κ3) is 6.60. The predicted molar refractivity (Wildman–Crippen MR) is 90.4 cm³/mol. The zero-order valence-corrected chi connectivity index (χ0v) is 13.7. The van der Waals surface area contributed by atoms with Gasteiger partial charge < -0.3 is 5.32 Å². The summed E-state index contributed by atoms with van der Waals surface area (Å²) in [5.41, 5.74) is 1.17. The lowest BCUT2D eigenvalue weighted by Crippen LogP contribution is -2.32. The van der Waals surface area contributed by atoms with Gasteiger partial charge in [0, 0.05) is 18.3 Å². The average molecular weight is 288 g/mol. The van der Waals surface area contributed by atoms with Crippen LogP contribution < -0.4 is 5.32 Å². The van der Waals surface area contributed by atoms with Crippen LogP contribution in [0.15, 0.2) is 24.4 Å². The van der Waals surface area contributed by atoms with Crippen molar-refractivity contribution in [1.82, 2.24) is 10.3 Å². The second kappa shape index (κ2) is 9.94. The van der Waals surface area contributed by atoms with Gasteiger partial charge in [-0.15, -0.1) is 0 Å². The molecule has 1 saturated carbocycles. The molecule has 1 heterocycles. The molecule has 1 atom stereocenters. The number of aromatic nitrogens is 1. The minimum absolute atomic E-state index is 0.365. The molecule has 0 unspecified atom stereocenters. The molecule has 1 aromatic rings. The number of hydrogen-bond acceptors (Lipinski definition) is 2. The second-order valence-electron chi connectivity index (χ2n) is 6.60. The van der Waals surface area contributed by atoms with E-state index in [1.165, 1.54) is 76.3 Å². The number of pyridine rings is 1. The highest BCUT2D eigenvalue weighted by Crippen LogP contribution is 2.19. The lowest BCUT2D eigenvalue weighted by molar-refractivity contribution is 0.372. The molecule has 1 aliphatic rings. The highest BCUT2D eigenvalue weighted by atomic mass is 15.0. The van der Waals surface area contributed by atoms with Crippen LogP contribution in [-0.4, -0.2) is 11.0 Å². The van der Waals surface area contributed by atoms with Gasteiger partial charge >= 0.3 is 0 Å². The van der Waals surface area contributed by atoms with E-state index in [9.17, 15) is 0 Å². The first-order chi connectivity index (χ1) is 10.4. The van der Waals surface area contributed by atoms with Gasteiger partial charge in [-0.1, -0.05) is 63.9 Å². The summed E-state index contributed by atoms with van der Waals surface area (Å²) in [4.78, 5) is 4.48. The van der Waals surface area contributed by atoms with E-state index in [0.717, 1.165) is 0 Å². The van der Waals surface area contributed by atoms with Crippen LogP contribution in [0.25, 0.3) is 0 Å². The lowest BCUT2D eigenvalue weighted by Gasteiger charge is -2.23. The molecular formula is C19H32N2. The summed E-state index contributed by atoms with van der Waals surface area (Å²) in [5.74, 6) is 0. The van der Waals surface area contributed by atoms with E-state index in [-0.39, 0.29) is 0 Å². The van der Waals surface area contributed by atoms with Gasteiger partial charge in [0.2, 0.25) is 0 Å². The zero-order valence-electron chi connectivity index (χ0n) is 13.7. The molecule has 1 N–H and O–H groups in total. The molecule has 2 heteroatoms. The van der Waals surface area contributed by atoms with E-state index in [2.05, 4.69) is 29.4 Å². The molecule has 0 spiro atoms. The molecule has 21 heavy (non-hydrogen) atoms.